The smallest absolute Gasteiger partial charge is 0.490 e. The van der Waals surface area contributed by atoms with E-state index in [0.717, 1.165) is 16.5 Å². The van der Waals surface area contributed by atoms with E-state index >= 15 is 0 Å². The maximum atomic E-state index is 13.1. The number of nitrogens with zero attached hydrogens (tertiary/aromatic N) is 5. The molecule has 0 aliphatic carbocycles. The van der Waals surface area contributed by atoms with Crippen LogP contribution in [-0.4, -0.2) is 67.9 Å². The maximum Gasteiger partial charge on any atom is 0.490 e. The van der Waals surface area contributed by atoms with E-state index in [9.17, 15) is 18.0 Å². The molecule has 0 fully saturated rings. The second kappa shape index (κ2) is 12.2. The molecule has 12 nitrogen and oxygen atoms in total. The number of nitrogens with one attached hydrogen (secondary N) is 1. The fourth-order valence-corrected chi connectivity index (χ4v) is 3.91. The van der Waals surface area contributed by atoms with Gasteiger partial charge in [-0.15, -0.1) is 5.10 Å². The number of fused-ring (bicyclic) bond motifs is 2. The zero-order chi connectivity index (χ0) is 28.9. The van der Waals surface area contributed by atoms with E-state index in [4.69, 9.17) is 36.7 Å². The topological polar surface area (TPSA) is 159 Å². The number of carbonyl (C=O) groups is 2. The summed E-state index contributed by atoms with van der Waals surface area (Å²) >= 11 is 6.57. The van der Waals surface area contributed by atoms with E-state index < -0.39 is 24.1 Å². The molecule has 1 aromatic carbocycles. The Morgan fingerprint density at radius 2 is 2.03 bits per heavy atom. The van der Waals surface area contributed by atoms with Crippen LogP contribution in [0.4, 0.5) is 19.0 Å². The number of anilines is 1. The first-order valence-corrected chi connectivity index (χ1v) is 11.8. The van der Waals surface area contributed by atoms with Crippen LogP contribution in [0.2, 0.25) is 5.02 Å². The quantitative estimate of drug-likeness (QED) is 0.288. The number of amides is 1. The first-order chi connectivity index (χ1) is 18.4. The van der Waals surface area contributed by atoms with Crippen molar-refractivity contribution in [2.75, 3.05) is 26.1 Å². The molecule has 0 radical (unpaired) electrons. The van der Waals surface area contributed by atoms with E-state index in [-0.39, 0.29) is 11.4 Å². The number of nitrogen functional groups attached to an aromatic ring is 1. The SMILES string of the molecule is CCOc1c(C(C)NC(=O)c2c(N)nn3cccnc23)cc(Cl)c2cnn(CCOC)c12.O=C(O)C(F)(F)F. The molecule has 0 aliphatic rings. The predicted molar refractivity (Wildman–Crippen MR) is 135 cm³/mol. The van der Waals surface area contributed by atoms with Crippen molar-refractivity contribution in [3.05, 3.63) is 46.9 Å². The standard InChI is InChI=1S/C21H24ClN7O3.C2HF3O2/c1-4-32-18-13(10-15(22)14-11-25-28(17(14)18)8-9-31-3)12(2)26-21(30)16-19(23)27-29-7-5-6-24-20(16)29;3-2(4,5)1(6)7/h5-7,10-12H,4,8-9H2,1-3H3,(H2,23,27)(H,26,30);(H,6,7). The van der Waals surface area contributed by atoms with Crippen molar-refractivity contribution >= 4 is 45.8 Å². The number of nitrogens with two attached hydrogens (primary N) is 1. The number of alkyl halides is 3. The van der Waals surface area contributed by atoms with Gasteiger partial charge in [-0.05, 0) is 26.0 Å². The third-order valence-corrected chi connectivity index (χ3v) is 5.67. The number of aromatic nitrogens is 5. The van der Waals surface area contributed by atoms with Crippen LogP contribution in [0.1, 0.15) is 35.8 Å². The van der Waals surface area contributed by atoms with Gasteiger partial charge < -0.3 is 25.6 Å². The molecule has 3 aromatic heterocycles. The summed E-state index contributed by atoms with van der Waals surface area (Å²) < 4.78 is 46.2. The number of benzene rings is 1. The number of rotatable bonds is 8. The molecular formula is C23H25ClF3N7O5. The number of carboxylic acid groups (broad SMARTS) is 1. The number of halogens is 4. The van der Waals surface area contributed by atoms with Gasteiger partial charge in [-0.25, -0.2) is 14.3 Å². The average Bonchev–Trinajstić information content (AvgIpc) is 3.44. The van der Waals surface area contributed by atoms with Crippen LogP contribution in [0.3, 0.4) is 0 Å². The number of hydrogen-bond acceptors (Lipinski definition) is 8. The second-order valence-corrected chi connectivity index (χ2v) is 8.39. The molecule has 210 valence electrons. The van der Waals surface area contributed by atoms with Crippen molar-refractivity contribution in [2.24, 2.45) is 0 Å². The molecule has 0 spiro atoms. The maximum absolute atomic E-state index is 13.1. The molecule has 39 heavy (non-hydrogen) atoms. The van der Waals surface area contributed by atoms with E-state index in [0.29, 0.717) is 36.2 Å². The fourth-order valence-electron chi connectivity index (χ4n) is 3.65. The van der Waals surface area contributed by atoms with Crippen LogP contribution in [-0.2, 0) is 16.1 Å². The summed E-state index contributed by atoms with van der Waals surface area (Å²) in [6.45, 7) is 5.20. The Hall–Kier alpha value is -4.11. The molecular weight excluding hydrogens is 547 g/mol. The molecule has 1 unspecified atom stereocenters. The number of carboxylic acids is 1. The highest BCUT2D eigenvalue weighted by Gasteiger charge is 2.38. The zero-order valence-electron chi connectivity index (χ0n) is 21.0. The molecule has 4 rings (SSSR count). The Labute approximate surface area is 224 Å². The van der Waals surface area contributed by atoms with Crippen molar-refractivity contribution in [2.45, 2.75) is 32.6 Å². The third-order valence-electron chi connectivity index (χ3n) is 5.36. The molecule has 4 aromatic rings. The number of aliphatic carboxylic acids is 1. The van der Waals surface area contributed by atoms with Crippen molar-refractivity contribution in [1.82, 2.24) is 29.7 Å². The van der Waals surface area contributed by atoms with Gasteiger partial charge in [0.2, 0.25) is 0 Å². The molecule has 0 saturated carbocycles. The Kier molecular flexibility index (Phi) is 9.19. The number of methoxy groups -OCH3 is 1. The van der Waals surface area contributed by atoms with Gasteiger partial charge in [0.15, 0.2) is 17.2 Å². The zero-order valence-corrected chi connectivity index (χ0v) is 21.7. The normalized spacial score (nSPS) is 12.2. The van der Waals surface area contributed by atoms with Gasteiger partial charge in [0.05, 0.1) is 37.0 Å². The van der Waals surface area contributed by atoms with Gasteiger partial charge in [0, 0.05) is 30.5 Å². The van der Waals surface area contributed by atoms with Crippen LogP contribution >= 0.6 is 11.6 Å². The molecule has 3 heterocycles. The Morgan fingerprint density at radius 1 is 1.33 bits per heavy atom. The van der Waals surface area contributed by atoms with Crippen LogP contribution in [0, 0.1) is 0 Å². The lowest BCUT2D eigenvalue weighted by molar-refractivity contribution is -0.192. The largest absolute Gasteiger partial charge is 0.491 e. The van der Waals surface area contributed by atoms with Gasteiger partial charge in [-0.3, -0.25) is 9.48 Å². The van der Waals surface area contributed by atoms with Crippen LogP contribution < -0.4 is 15.8 Å². The minimum Gasteiger partial charge on any atom is -0.491 e. The summed E-state index contributed by atoms with van der Waals surface area (Å²) in [7, 11) is 1.63. The highest BCUT2D eigenvalue weighted by molar-refractivity contribution is 6.35. The van der Waals surface area contributed by atoms with Crippen LogP contribution in [0.15, 0.2) is 30.7 Å². The summed E-state index contributed by atoms with van der Waals surface area (Å²) in [5.41, 5.74) is 8.07. The Morgan fingerprint density at radius 3 is 2.64 bits per heavy atom. The molecule has 0 saturated heterocycles. The summed E-state index contributed by atoms with van der Waals surface area (Å²) in [5.74, 6) is -2.44. The van der Waals surface area contributed by atoms with Gasteiger partial charge in [-0.1, -0.05) is 11.6 Å². The average molecular weight is 572 g/mol. The van der Waals surface area contributed by atoms with Gasteiger partial charge in [0.25, 0.3) is 5.91 Å². The number of ether oxygens (including phenoxy) is 2. The molecule has 0 bridgehead atoms. The van der Waals surface area contributed by atoms with Crippen molar-refractivity contribution in [1.29, 1.82) is 0 Å². The molecule has 0 aliphatic heterocycles. The lowest BCUT2D eigenvalue weighted by Crippen LogP contribution is -2.28. The van der Waals surface area contributed by atoms with Crippen LogP contribution in [0.25, 0.3) is 16.6 Å². The molecule has 4 N–H and O–H groups in total. The highest BCUT2D eigenvalue weighted by atomic mass is 35.5. The van der Waals surface area contributed by atoms with E-state index in [2.05, 4.69) is 20.5 Å². The Balaban J connectivity index is 0.000000532. The van der Waals surface area contributed by atoms with Crippen molar-refractivity contribution in [3.63, 3.8) is 0 Å². The van der Waals surface area contributed by atoms with Gasteiger partial charge >= 0.3 is 12.1 Å². The third kappa shape index (κ3) is 6.49. The lowest BCUT2D eigenvalue weighted by Gasteiger charge is -2.20. The first-order valence-electron chi connectivity index (χ1n) is 11.4. The summed E-state index contributed by atoms with van der Waals surface area (Å²) in [5, 5.41) is 20.0. The minimum atomic E-state index is -5.08. The molecule has 16 heteroatoms. The molecule has 1 atom stereocenters. The number of hydrogen-bond donors (Lipinski definition) is 3. The minimum absolute atomic E-state index is 0.101. The van der Waals surface area contributed by atoms with E-state index in [1.165, 1.54) is 4.52 Å². The van der Waals surface area contributed by atoms with Crippen molar-refractivity contribution < 1.29 is 37.3 Å². The Bertz CT molecular complexity index is 1490. The molecule has 1 amide bonds. The summed E-state index contributed by atoms with van der Waals surface area (Å²) in [4.78, 5) is 26.2. The van der Waals surface area contributed by atoms with Crippen LogP contribution in [0.5, 0.6) is 5.75 Å². The summed E-state index contributed by atoms with van der Waals surface area (Å²) in [6, 6.07) is 3.05. The van der Waals surface area contributed by atoms with Gasteiger partial charge in [-0.2, -0.15) is 18.3 Å². The fraction of sp³-hybridized carbons (Fsp3) is 0.348. The monoisotopic (exact) mass is 571 g/mol. The first kappa shape index (κ1) is 29.4. The van der Waals surface area contributed by atoms with Gasteiger partial charge in [0.1, 0.15) is 11.1 Å². The lowest BCUT2D eigenvalue weighted by atomic mass is 10.0. The van der Waals surface area contributed by atoms with Crippen molar-refractivity contribution in [3.8, 4) is 5.75 Å². The second-order valence-electron chi connectivity index (χ2n) is 7.98. The predicted octanol–water partition coefficient (Wildman–Crippen LogP) is 3.48. The number of carbonyl (C=O) groups excluding carboxylic acids is 1. The van der Waals surface area contributed by atoms with E-state index in [1.807, 2.05) is 13.8 Å². The summed E-state index contributed by atoms with van der Waals surface area (Å²) in [6.07, 6.45) is -0.117. The van der Waals surface area contributed by atoms with E-state index in [1.54, 1.807) is 42.5 Å². The highest BCUT2D eigenvalue weighted by Crippen LogP contribution is 2.38.